The van der Waals surface area contributed by atoms with Gasteiger partial charge in [0.1, 0.15) is 0 Å². The number of hydrogen-bond acceptors (Lipinski definition) is 4. The molecule has 2 N–H and O–H groups in total. The first kappa shape index (κ1) is 12.2. The summed E-state index contributed by atoms with van der Waals surface area (Å²) in [7, 11) is 0. The molecule has 4 heteroatoms. The molecule has 0 aliphatic carbocycles. The molecule has 0 radical (unpaired) electrons. The molecule has 0 aliphatic rings. The van der Waals surface area contributed by atoms with Gasteiger partial charge in [-0.2, -0.15) is 0 Å². The van der Waals surface area contributed by atoms with Crippen molar-refractivity contribution in [2.45, 2.75) is 13.1 Å². The maximum Gasteiger partial charge on any atom is 0.0332 e. The quantitative estimate of drug-likeness (QED) is 0.850. The molecular weight excluding hydrogens is 230 g/mol. The zero-order valence-electron chi connectivity index (χ0n) is 9.75. The SMILES string of the molecule is NCCN(Cc1cccnc1)Cc1cccs1. The zero-order valence-corrected chi connectivity index (χ0v) is 10.6. The topological polar surface area (TPSA) is 42.1 Å². The Morgan fingerprint density at radius 1 is 1.24 bits per heavy atom. The van der Waals surface area contributed by atoms with Gasteiger partial charge in [-0.25, -0.2) is 0 Å². The molecule has 0 atom stereocenters. The van der Waals surface area contributed by atoms with E-state index in [0.717, 1.165) is 19.6 Å². The molecule has 0 unspecified atom stereocenters. The van der Waals surface area contributed by atoms with E-state index >= 15 is 0 Å². The number of hydrogen-bond donors (Lipinski definition) is 1. The summed E-state index contributed by atoms with van der Waals surface area (Å²) in [4.78, 5) is 7.87. The Morgan fingerprint density at radius 3 is 2.82 bits per heavy atom. The number of nitrogens with zero attached hydrogens (tertiary/aromatic N) is 2. The van der Waals surface area contributed by atoms with Crippen molar-refractivity contribution in [3.8, 4) is 0 Å². The number of rotatable bonds is 6. The van der Waals surface area contributed by atoms with E-state index in [2.05, 4.69) is 33.5 Å². The molecule has 0 amide bonds. The van der Waals surface area contributed by atoms with Crippen molar-refractivity contribution in [2.24, 2.45) is 5.73 Å². The first-order valence-electron chi connectivity index (χ1n) is 5.72. The van der Waals surface area contributed by atoms with Gasteiger partial charge >= 0.3 is 0 Å². The molecule has 3 nitrogen and oxygen atoms in total. The molecule has 0 saturated heterocycles. The second kappa shape index (κ2) is 6.49. The van der Waals surface area contributed by atoms with Crippen molar-refractivity contribution >= 4 is 11.3 Å². The van der Waals surface area contributed by atoms with E-state index in [9.17, 15) is 0 Å². The summed E-state index contributed by atoms with van der Waals surface area (Å²) in [5, 5.41) is 2.11. The summed E-state index contributed by atoms with van der Waals surface area (Å²) in [5.74, 6) is 0. The van der Waals surface area contributed by atoms with E-state index in [4.69, 9.17) is 5.73 Å². The van der Waals surface area contributed by atoms with E-state index in [-0.39, 0.29) is 0 Å². The Bertz CT molecular complexity index is 413. The van der Waals surface area contributed by atoms with Crippen molar-refractivity contribution in [3.05, 3.63) is 52.5 Å². The highest BCUT2D eigenvalue weighted by atomic mass is 32.1. The predicted octanol–water partition coefficient (Wildman–Crippen LogP) is 2.10. The number of pyridine rings is 1. The Labute approximate surface area is 106 Å². The molecule has 0 saturated carbocycles. The maximum atomic E-state index is 5.66. The van der Waals surface area contributed by atoms with Crippen LogP contribution < -0.4 is 5.73 Å². The van der Waals surface area contributed by atoms with Crippen LogP contribution in [-0.4, -0.2) is 23.0 Å². The molecule has 0 spiro atoms. The maximum absolute atomic E-state index is 5.66. The highest BCUT2D eigenvalue weighted by Gasteiger charge is 2.06. The number of nitrogens with two attached hydrogens (primary N) is 1. The molecule has 2 aromatic rings. The van der Waals surface area contributed by atoms with E-state index in [1.54, 1.807) is 17.5 Å². The summed E-state index contributed by atoms with van der Waals surface area (Å²) in [6.45, 7) is 3.46. The number of thiophene rings is 1. The van der Waals surface area contributed by atoms with Gasteiger partial charge in [-0.1, -0.05) is 12.1 Å². The van der Waals surface area contributed by atoms with Gasteiger partial charge in [0.25, 0.3) is 0 Å². The third-order valence-corrected chi connectivity index (χ3v) is 3.39. The van der Waals surface area contributed by atoms with Gasteiger partial charge in [-0.05, 0) is 23.1 Å². The monoisotopic (exact) mass is 247 g/mol. The van der Waals surface area contributed by atoms with Gasteiger partial charge in [0.05, 0.1) is 0 Å². The Hall–Kier alpha value is -1.23. The summed E-state index contributed by atoms with van der Waals surface area (Å²) in [5.41, 5.74) is 6.89. The molecule has 0 bridgehead atoms. The van der Waals surface area contributed by atoms with Crippen LogP contribution in [0.3, 0.4) is 0 Å². The molecule has 2 aromatic heterocycles. The first-order valence-corrected chi connectivity index (χ1v) is 6.60. The molecule has 0 aliphatic heterocycles. The van der Waals surface area contributed by atoms with Crippen molar-refractivity contribution in [1.82, 2.24) is 9.88 Å². The van der Waals surface area contributed by atoms with E-state index in [1.807, 2.05) is 12.3 Å². The van der Waals surface area contributed by atoms with Crippen LogP contribution in [0.2, 0.25) is 0 Å². The van der Waals surface area contributed by atoms with Crippen LogP contribution >= 0.6 is 11.3 Å². The fourth-order valence-corrected chi connectivity index (χ4v) is 2.52. The van der Waals surface area contributed by atoms with Gasteiger partial charge in [0.15, 0.2) is 0 Å². The van der Waals surface area contributed by atoms with Gasteiger partial charge in [-0.15, -0.1) is 11.3 Å². The third-order valence-electron chi connectivity index (χ3n) is 2.53. The van der Waals surface area contributed by atoms with Crippen LogP contribution in [0, 0.1) is 0 Å². The van der Waals surface area contributed by atoms with Crippen LogP contribution in [-0.2, 0) is 13.1 Å². The van der Waals surface area contributed by atoms with Crippen LogP contribution in [0.25, 0.3) is 0 Å². The van der Waals surface area contributed by atoms with Crippen LogP contribution in [0.1, 0.15) is 10.4 Å². The summed E-state index contributed by atoms with van der Waals surface area (Å²) in [6, 6.07) is 8.33. The molecule has 0 fully saturated rings. The Kier molecular flexibility index (Phi) is 4.67. The molecule has 2 heterocycles. The highest BCUT2D eigenvalue weighted by Crippen LogP contribution is 2.13. The second-order valence-corrected chi connectivity index (χ2v) is 4.97. The predicted molar refractivity (Wildman–Crippen MR) is 71.7 cm³/mol. The Balaban J connectivity index is 1.97. The first-order chi connectivity index (χ1) is 8.38. The molecular formula is C13H17N3S. The van der Waals surface area contributed by atoms with Crippen LogP contribution in [0.5, 0.6) is 0 Å². The fourth-order valence-electron chi connectivity index (χ4n) is 1.77. The average Bonchev–Trinajstić information content (AvgIpc) is 2.83. The minimum atomic E-state index is 0.686. The van der Waals surface area contributed by atoms with Crippen LogP contribution in [0.4, 0.5) is 0 Å². The Morgan fingerprint density at radius 2 is 2.18 bits per heavy atom. The summed E-state index contributed by atoms with van der Waals surface area (Å²) in [6.07, 6.45) is 3.72. The van der Waals surface area contributed by atoms with Gasteiger partial charge in [0.2, 0.25) is 0 Å². The van der Waals surface area contributed by atoms with Crippen molar-refractivity contribution < 1.29 is 0 Å². The second-order valence-electron chi connectivity index (χ2n) is 3.94. The van der Waals surface area contributed by atoms with Gasteiger partial charge in [-0.3, -0.25) is 9.88 Å². The zero-order chi connectivity index (χ0) is 11.9. The third kappa shape index (κ3) is 3.93. The van der Waals surface area contributed by atoms with Crippen molar-refractivity contribution in [1.29, 1.82) is 0 Å². The molecule has 0 aromatic carbocycles. The average molecular weight is 247 g/mol. The lowest BCUT2D eigenvalue weighted by atomic mass is 10.2. The smallest absolute Gasteiger partial charge is 0.0332 e. The minimum Gasteiger partial charge on any atom is -0.329 e. The van der Waals surface area contributed by atoms with Crippen LogP contribution in [0.15, 0.2) is 42.0 Å². The molecule has 2 rings (SSSR count). The van der Waals surface area contributed by atoms with Gasteiger partial charge < -0.3 is 5.73 Å². The lowest BCUT2D eigenvalue weighted by molar-refractivity contribution is 0.266. The summed E-state index contributed by atoms with van der Waals surface area (Å²) >= 11 is 1.79. The fraction of sp³-hybridized carbons (Fsp3) is 0.308. The normalized spacial score (nSPS) is 10.9. The molecule has 90 valence electrons. The lowest BCUT2D eigenvalue weighted by Crippen LogP contribution is -2.28. The van der Waals surface area contributed by atoms with E-state index in [0.29, 0.717) is 6.54 Å². The number of aromatic nitrogens is 1. The van der Waals surface area contributed by atoms with Crippen molar-refractivity contribution in [2.75, 3.05) is 13.1 Å². The largest absolute Gasteiger partial charge is 0.329 e. The standard InChI is InChI=1S/C13H17N3S/c14-5-7-16(11-13-4-2-8-17-13)10-12-3-1-6-15-9-12/h1-4,6,8-9H,5,7,10-11,14H2. The molecule has 17 heavy (non-hydrogen) atoms. The minimum absolute atomic E-state index is 0.686. The van der Waals surface area contributed by atoms with Crippen molar-refractivity contribution in [3.63, 3.8) is 0 Å². The van der Waals surface area contributed by atoms with Gasteiger partial charge in [0, 0.05) is 43.4 Å². The lowest BCUT2D eigenvalue weighted by Gasteiger charge is -2.20. The van der Waals surface area contributed by atoms with E-state index in [1.165, 1.54) is 10.4 Å². The van der Waals surface area contributed by atoms with E-state index < -0.39 is 0 Å². The highest BCUT2D eigenvalue weighted by molar-refractivity contribution is 7.09. The summed E-state index contributed by atoms with van der Waals surface area (Å²) < 4.78 is 0.